The first kappa shape index (κ1) is 19.2. The number of ether oxygens (including phenoxy) is 1. The molecule has 142 valence electrons. The number of nitrogens with one attached hydrogen (secondary N) is 2. The summed E-state index contributed by atoms with van der Waals surface area (Å²) in [5.74, 6) is 0.993. The van der Waals surface area contributed by atoms with Crippen molar-refractivity contribution in [1.29, 1.82) is 0 Å². The maximum absolute atomic E-state index is 12.0. The molecule has 27 heavy (non-hydrogen) atoms. The van der Waals surface area contributed by atoms with Crippen molar-refractivity contribution >= 4 is 23.4 Å². The molecule has 0 radical (unpaired) electrons. The number of hydrogen-bond donors (Lipinski definition) is 2. The van der Waals surface area contributed by atoms with Gasteiger partial charge in [-0.15, -0.1) is 11.8 Å². The van der Waals surface area contributed by atoms with Gasteiger partial charge < -0.3 is 15.4 Å². The van der Waals surface area contributed by atoms with Crippen molar-refractivity contribution in [3.8, 4) is 5.75 Å². The van der Waals surface area contributed by atoms with Gasteiger partial charge in [0, 0.05) is 31.5 Å². The third-order valence-corrected chi connectivity index (χ3v) is 5.34. The number of carbonyl (C=O) groups excluding carboxylic acids is 1. The number of nitro benzene ring substituents is 1. The van der Waals surface area contributed by atoms with Crippen LogP contribution in [-0.2, 0) is 30.2 Å². The van der Waals surface area contributed by atoms with Crippen molar-refractivity contribution in [3.63, 3.8) is 0 Å². The van der Waals surface area contributed by atoms with Crippen LogP contribution in [0.1, 0.15) is 22.3 Å². The molecule has 2 N–H and O–H groups in total. The second-order valence-electron chi connectivity index (χ2n) is 6.24. The van der Waals surface area contributed by atoms with E-state index in [1.807, 2.05) is 6.07 Å². The summed E-state index contributed by atoms with van der Waals surface area (Å²) in [6, 6.07) is 11.1. The lowest BCUT2D eigenvalue weighted by molar-refractivity contribution is -0.385. The Bertz CT molecular complexity index is 857. The molecule has 8 heteroatoms. The summed E-state index contributed by atoms with van der Waals surface area (Å²) in [7, 11) is 1.40. The Kier molecular flexibility index (Phi) is 6.31. The standard InChI is InChI=1S/C19H21N3O4S/c1-26-18-5-3-14(7-17(18)22(24)25)11-27-12-19(23)21-8-13-2-4-15-9-20-10-16(15)6-13/h2-7,20H,8-12H2,1H3,(H,21,23). The Morgan fingerprint density at radius 2 is 2.00 bits per heavy atom. The first-order valence-electron chi connectivity index (χ1n) is 8.54. The second kappa shape index (κ2) is 8.88. The van der Waals surface area contributed by atoms with E-state index in [4.69, 9.17) is 4.74 Å². The monoisotopic (exact) mass is 387 g/mol. The molecule has 7 nitrogen and oxygen atoms in total. The molecule has 2 aromatic rings. The van der Waals surface area contributed by atoms with E-state index in [1.165, 1.54) is 36.1 Å². The van der Waals surface area contributed by atoms with Crippen LogP contribution >= 0.6 is 11.8 Å². The molecule has 2 aromatic carbocycles. The van der Waals surface area contributed by atoms with Gasteiger partial charge in [-0.3, -0.25) is 14.9 Å². The molecule has 0 bridgehead atoms. The van der Waals surface area contributed by atoms with Crippen LogP contribution in [0.2, 0.25) is 0 Å². The van der Waals surface area contributed by atoms with Gasteiger partial charge in [0.25, 0.3) is 0 Å². The molecular formula is C19H21N3O4S. The van der Waals surface area contributed by atoms with Crippen LogP contribution < -0.4 is 15.4 Å². The number of fused-ring (bicyclic) bond motifs is 1. The number of methoxy groups -OCH3 is 1. The number of hydrogen-bond acceptors (Lipinski definition) is 6. The number of nitro groups is 1. The molecule has 1 heterocycles. The SMILES string of the molecule is COc1ccc(CSCC(=O)NCc2ccc3c(c2)CNC3)cc1[N+](=O)[O-]. The molecule has 0 unspecified atom stereocenters. The number of benzene rings is 2. The summed E-state index contributed by atoms with van der Waals surface area (Å²) in [6.45, 7) is 2.28. The van der Waals surface area contributed by atoms with Crippen molar-refractivity contribution < 1.29 is 14.5 Å². The minimum absolute atomic E-state index is 0.0540. The van der Waals surface area contributed by atoms with Gasteiger partial charge in [0.2, 0.25) is 5.91 Å². The first-order valence-corrected chi connectivity index (χ1v) is 9.69. The van der Waals surface area contributed by atoms with Crippen LogP contribution in [0.15, 0.2) is 36.4 Å². The van der Waals surface area contributed by atoms with E-state index in [9.17, 15) is 14.9 Å². The fourth-order valence-electron chi connectivity index (χ4n) is 2.94. The zero-order valence-corrected chi connectivity index (χ0v) is 15.8. The lowest BCUT2D eigenvalue weighted by Gasteiger charge is -2.08. The zero-order valence-electron chi connectivity index (χ0n) is 15.0. The minimum Gasteiger partial charge on any atom is -0.490 e. The van der Waals surface area contributed by atoms with Gasteiger partial charge in [-0.2, -0.15) is 0 Å². The lowest BCUT2D eigenvalue weighted by atomic mass is 10.1. The van der Waals surface area contributed by atoms with E-state index in [2.05, 4.69) is 22.8 Å². The number of carbonyl (C=O) groups is 1. The van der Waals surface area contributed by atoms with Gasteiger partial charge in [-0.25, -0.2) is 0 Å². The third-order valence-electron chi connectivity index (χ3n) is 4.33. The zero-order chi connectivity index (χ0) is 19.2. The molecule has 3 rings (SSSR count). The summed E-state index contributed by atoms with van der Waals surface area (Å²) >= 11 is 1.42. The maximum atomic E-state index is 12.0. The smallest absolute Gasteiger partial charge is 0.311 e. The van der Waals surface area contributed by atoms with Crippen LogP contribution in [0.4, 0.5) is 5.69 Å². The van der Waals surface area contributed by atoms with Crippen molar-refractivity contribution in [2.45, 2.75) is 25.4 Å². The highest BCUT2D eigenvalue weighted by molar-refractivity contribution is 7.99. The quantitative estimate of drug-likeness (QED) is 0.534. The Morgan fingerprint density at radius 3 is 2.78 bits per heavy atom. The van der Waals surface area contributed by atoms with Crippen molar-refractivity contribution in [1.82, 2.24) is 10.6 Å². The van der Waals surface area contributed by atoms with Gasteiger partial charge in [-0.05, 0) is 28.3 Å². The first-order chi connectivity index (χ1) is 13.1. The Balaban J connectivity index is 1.46. The third kappa shape index (κ3) is 4.99. The molecule has 1 amide bonds. The van der Waals surface area contributed by atoms with Crippen molar-refractivity contribution in [3.05, 3.63) is 68.8 Å². The van der Waals surface area contributed by atoms with Gasteiger partial charge >= 0.3 is 5.69 Å². The van der Waals surface area contributed by atoms with E-state index in [0.29, 0.717) is 18.1 Å². The van der Waals surface area contributed by atoms with E-state index < -0.39 is 4.92 Å². The maximum Gasteiger partial charge on any atom is 0.311 e. The molecule has 1 aliphatic rings. The van der Waals surface area contributed by atoms with Crippen LogP contribution in [0.5, 0.6) is 5.75 Å². The van der Waals surface area contributed by atoms with E-state index >= 15 is 0 Å². The molecule has 0 atom stereocenters. The largest absolute Gasteiger partial charge is 0.490 e. The van der Waals surface area contributed by atoms with E-state index in [1.54, 1.807) is 12.1 Å². The molecule has 0 aliphatic carbocycles. The van der Waals surface area contributed by atoms with E-state index in [-0.39, 0.29) is 17.3 Å². The highest BCUT2D eigenvalue weighted by atomic mass is 32.2. The Morgan fingerprint density at radius 1 is 1.22 bits per heavy atom. The predicted molar refractivity (Wildman–Crippen MR) is 105 cm³/mol. The summed E-state index contributed by atoms with van der Waals surface area (Å²) in [5.41, 5.74) is 4.41. The van der Waals surface area contributed by atoms with Gasteiger partial charge in [0.1, 0.15) is 0 Å². The van der Waals surface area contributed by atoms with Crippen molar-refractivity contribution in [2.75, 3.05) is 12.9 Å². The summed E-state index contributed by atoms with van der Waals surface area (Å²) < 4.78 is 4.99. The molecular weight excluding hydrogens is 366 g/mol. The molecule has 0 aromatic heterocycles. The molecule has 0 fully saturated rings. The second-order valence-corrected chi connectivity index (χ2v) is 7.23. The summed E-state index contributed by atoms with van der Waals surface area (Å²) in [6.07, 6.45) is 0. The summed E-state index contributed by atoms with van der Waals surface area (Å²) in [5, 5.41) is 17.3. The van der Waals surface area contributed by atoms with Crippen molar-refractivity contribution in [2.24, 2.45) is 0 Å². The van der Waals surface area contributed by atoms with Gasteiger partial charge in [0.05, 0.1) is 17.8 Å². The Labute approximate surface area is 161 Å². The average molecular weight is 387 g/mol. The van der Waals surface area contributed by atoms with Gasteiger partial charge in [0.15, 0.2) is 5.75 Å². The predicted octanol–water partition coefficient (Wildman–Crippen LogP) is 2.76. The average Bonchev–Trinajstić information content (AvgIpc) is 3.14. The highest BCUT2D eigenvalue weighted by Gasteiger charge is 2.15. The molecule has 0 saturated heterocycles. The number of thioether (sulfide) groups is 1. The molecule has 0 spiro atoms. The van der Waals surface area contributed by atoms with Crippen LogP contribution in [-0.4, -0.2) is 23.7 Å². The Hall–Kier alpha value is -2.58. The molecule has 0 saturated carbocycles. The van der Waals surface area contributed by atoms with Gasteiger partial charge in [-0.1, -0.05) is 24.3 Å². The summed E-state index contributed by atoms with van der Waals surface area (Å²) in [4.78, 5) is 22.6. The normalized spacial score (nSPS) is 12.5. The minimum atomic E-state index is -0.466. The van der Waals surface area contributed by atoms with Crippen LogP contribution in [0.25, 0.3) is 0 Å². The number of amides is 1. The topological polar surface area (TPSA) is 93.5 Å². The van der Waals surface area contributed by atoms with E-state index in [0.717, 1.165) is 24.2 Å². The van der Waals surface area contributed by atoms with Crippen LogP contribution in [0, 0.1) is 10.1 Å². The fraction of sp³-hybridized carbons (Fsp3) is 0.316. The number of nitrogens with zero attached hydrogens (tertiary/aromatic N) is 1. The lowest BCUT2D eigenvalue weighted by Crippen LogP contribution is -2.24. The fourth-order valence-corrected chi connectivity index (χ4v) is 3.74. The molecule has 1 aliphatic heterocycles. The van der Waals surface area contributed by atoms with Crippen LogP contribution in [0.3, 0.4) is 0 Å². The highest BCUT2D eigenvalue weighted by Crippen LogP contribution is 2.29. The number of rotatable bonds is 8.